The fraction of sp³-hybridized carbons (Fsp3) is 0.522. The maximum absolute atomic E-state index is 12.7. The van der Waals surface area contributed by atoms with Crippen LogP contribution in [0.15, 0.2) is 18.2 Å². The summed E-state index contributed by atoms with van der Waals surface area (Å²) in [5.41, 5.74) is 1.30. The number of likely N-dealkylation sites (tertiary alicyclic amines) is 1. The number of nitrogens with zero attached hydrogens (tertiary/aromatic N) is 1. The number of methoxy groups -OCH3 is 1. The van der Waals surface area contributed by atoms with Gasteiger partial charge in [0.2, 0.25) is 5.91 Å². The van der Waals surface area contributed by atoms with E-state index in [1.54, 1.807) is 32.2 Å². The normalized spacial score (nSPS) is 14.8. The lowest BCUT2D eigenvalue weighted by Gasteiger charge is -2.30. The van der Waals surface area contributed by atoms with Crippen molar-refractivity contribution in [3.63, 3.8) is 0 Å². The highest BCUT2D eigenvalue weighted by molar-refractivity contribution is 6.11. The van der Waals surface area contributed by atoms with Gasteiger partial charge in [-0.25, -0.2) is 4.79 Å². The van der Waals surface area contributed by atoms with Crippen molar-refractivity contribution in [2.45, 2.75) is 33.1 Å². The molecule has 1 aromatic heterocycles. The van der Waals surface area contributed by atoms with Crippen molar-refractivity contribution >= 4 is 34.4 Å². The Balaban J connectivity index is 1.64. The lowest BCUT2D eigenvalue weighted by atomic mass is 9.97. The molecule has 1 aliphatic rings. The van der Waals surface area contributed by atoms with E-state index in [2.05, 4.69) is 15.2 Å². The maximum Gasteiger partial charge on any atom is 0.356 e. The van der Waals surface area contributed by atoms with Crippen LogP contribution in [0, 0.1) is 5.92 Å². The largest absolute Gasteiger partial charge is 0.497 e. The number of H-pyrrole nitrogens is 1. The van der Waals surface area contributed by atoms with Crippen molar-refractivity contribution in [1.29, 1.82) is 0 Å². The first-order valence-corrected chi connectivity index (χ1v) is 11.0. The number of rotatable bonds is 9. The van der Waals surface area contributed by atoms with Gasteiger partial charge >= 0.3 is 11.9 Å². The molecular formula is C23H31N3O6. The standard InChI is InChI=1S/C23H31N3O6/c1-4-31-22(28)15-8-11-26(12-9-15)13-10-19(27)25-20-17-14-16(30-3)6-7-18(17)24-21(20)23(29)32-5-2/h6-7,14-15,24H,4-5,8-13H2,1-3H3,(H,25,27). The van der Waals surface area contributed by atoms with Gasteiger partial charge in [-0.05, 0) is 58.0 Å². The molecule has 3 rings (SSSR count). The lowest BCUT2D eigenvalue weighted by molar-refractivity contribution is -0.149. The third-order valence-electron chi connectivity index (χ3n) is 5.61. The minimum Gasteiger partial charge on any atom is -0.497 e. The fourth-order valence-corrected chi connectivity index (χ4v) is 3.90. The number of amides is 1. The molecule has 0 unspecified atom stereocenters. The number of aromatic nitrogens is 1. The molecule has 9 nitrogen and oxygen atoms in total. The molecule has 0 saturated carbocycles. The van der Waals surface area contributed by atoms with E-state index in [9.17, 15) is 14.4 Å². The number of hydrogen-bond acceptors (Lipinski definition) is 7. The highest BCUT2D eigenvalue weighted by atomic mass is 16.5. The minimum absolute atomic E-state index is 0.0617. The van der Waals surface area contributed by atoms with Crippen LogP contribution in [0.1, 0.15) is 43.6 Å². The number of fused-ring (bicyclic) bond motifs is 1. The lowest BCUT2D eigenvalue weighted by Crippen LogP contribution is -2.38. The molecule has 0 aliphatic carbocycles. The molecule has 1 saturated heterocycles. The van der Waals surface area contributed by atoms with Gasteiger partial charge in [0.25, 0.3) is 0 Å². The highest BCUT2D eigenvalue weighted by Gasteiger charge is 2.26. The number of nitrogens with one attached hydrogen (secondary N) is 2. The van der Waals surface area contributed by atoms with Crippen molar-refractivity contribution in [1.82, 2.24) is 9.88 Å². The Morgan fingerprint density at radius 3 is 2.50 bits per heavy atom. The highest BCUT2D eigenvalue weighted by Crippen LogP contribution is 2.31. The number of benzene rings is 1. The van der Waals surface area contributed by atoms with Gasteiger partial charge in [0.05, 0.1) is 31.9 Å². The number of aromatic amines is 1. The van der Waals surface area contributed by atoms with Gasteiger partial charge in [0.1, 0.15) is 11.4 Å². The van der Waals surface area contributed by atoms with Crippen LogP contribution in [0.5, 0.6) is 5.75 Å². The second-order valence-electron chi connectivity index (χ2n) is 7.67. The van der Waals surface area contributed by atoms with E-state index in [0.29, 0.717) is 35.5 Å². The Morgan fingerprint density at radius 2 is 1.84 bits per heavy atom. The molecular weight excluding hydrogens is 414 g/mol. The topological polar surface area (TPSA) is 110 Å². The fourth-order valence-electron chi connectivity index (χ4n) is 3.90. The summed E-state index contributed by atoms with van der Waals surface area (Å²) in [6.07, 6.45) is 1.73. The number of anilines is 1. The summed E-state index contributed by atoms with van der Waals surface area (Å²) in [4.78, 5) is 42.2. The van der Waals surface area contributed by atoms with Crippen LogP contribution in [0.25, 0.3) is 10.9 Å². The Bertz CT molecular complexity index is 962. The average Bonchev–Trinajstić information content (AvgIpc) is 3.16. The molecule has 0 radical (unpaired) electrons. The van der Waals surface area contributed by atoms with Gasteiger partial charge in [-0.2, -0.15) is 0 Å². The predicted octanol–water partition coefficient (Wildman–Crippen LogP) is 2.96. The minimum atomic E-state index is -0.529. The zero-order valence-electron chi connectivity index (χ0n) is 18.9. The zero-order chi connectivity index (χ0) is 23.1. The van der Waals surface area contributed by atoms with Crippen LogP contribution in [-0.2, 0) is 19.1 Å². The number of ether oxygens (including phenoxy) is 3. The van der Waals surface area contributed by atoms with E-state index >= 15 is 0 Å². The van der Waals surface area contributed by atoms with E-state index in [4.69, 9.17) is 14.2 Å². The van der Waals surface area contributed by atoms with E-state index in [-0.39, 0.29) is 36.5 Å². The summed E-state index contributed by atoms with van der Waals surface area (Å²) < 4.78 is 15.5. The number of carbonyl (C=O) groups is 3. The summed E-state index contributed by atoms with van der Waals surface area (Å²) in [6, 6.07) is 5.34. The summed E-state index contributed by atoms with van der Waals surface area (Å²) in [5.74, 6) is -0.308. The van der Waals surface area contributed by atoms with Crippen LogP contribution in [-0.4, -0.2) is 67.7 Å². The Kier molecular flexibility index (Phi) is 8.10. The first-order chi connectivity index (χ1) is 15.5. The van der Waals surface area contributed by atoms with Crippen molar-refractivity contribution < 1.29 is 28.6 Å². The first kappa shape index (κ1) is 23.6. The van der Waals surface area contributed by atoms with Crippen LogP contribution < -0.4 is 10.1 Å². The van der Waals surface area contributed by atoms with E-state index in [1.165, 1.54) is 0 Å². The molecule has 174 valence electrons. The molecule has 9 heteroatoms. The van der Waals surface area contributed by atoms with E-state index in [0.717, 1.165) is 25.9 Å². The molecule has 32 heavy (non-hydrogen) atoms. The van der Waals surface area contributed by atoms with Gasteiger partial charge < -0.3 is 29.4 Å². The summed E-state index contributed by atoms with van der Waals surface area (Å²) >= 11 is 0. The number of piperidine rings is 1. The second-order valence-corrected chi connectivity index (χ2v) is 7.67. The molecule has 0 atom stereocenters. The first-order valence-electron chi connectivity index (χ1n) is 11.0. The number of esters is 2. The van der Waals surface area contributed by atoms with Gasteiger partial charge in [-0.15, -0.1) is 0 Å². The van der Waals surface area contributed by atoms with Crippen LogP contribution in [0.4, 0.5) is 5.69 Å². The number of hydrogen-bond donors (Lipinski definition) is 2. The monoisotopic (exact) mass is 445 g/mol. The Morgan fingerprint density at radius 1 is 1.12 bits per heavy atom. The third-order valence-corrected chi connectivity index (χ3v) is 5.61. The van der Waals surface area contributed by atoms with Crippen molar-refractivity contribution in [2.75, 3.05) is 45.3 Å². The third kappa shape index (κ3) is 5.59. The molecule has 1 amide bonds. The smallest absolute Gasteiger partial charge is 0.356 e. The van der Waals surface area contributed by atoms with Crippen LogP contribution >= 0.6 is 0 Å². The quantitative estimate of drug-likeness (QED) is 0.571. The molecule has 0 spiro atoms. The van der Waals surface area contributed by atoms with Gasteiger partial charge in [-0.3, -0.25) is 9.59 Å². The summed E-state index contributed by atoms with van der Waals surface area (Å²) in [6.45, 7) is 6.22. The number of carbonyl (C=O) groups excluding carboxylic acids is 3. The van der Waals surface area contributed by atoms with E-state index in [1.807, 2.05) is 6.92 Å². The SMILES string of the molecule is CCOC(=O)c1[nH]c2ccc(OC)cc2c1NC(=O)CCN1CCC(C(=O)OCC)CC1. The van der Waals surface area contributed by atoms with Crippen LogP contribution in [0.2, 0.25) is 0 Å². The van der Waals surface area contributed by atoms with Crippen LogP contribution in [0.3, 0.4) is 0 Å². The van der Waals surface area contributed by atoms with Gasteiger partial charge in [0.15, 0.2) is 0 Å². The Labute approximate surface area is 187 Å². The maximum atomic E-state index is 12.7. The molecule has 1 aromatic carbocycles. The molecule has 0 bridgehead atoms. The van der Waals surface area contributed by atoms with Crippen molar-refractivity contribution in [3.05, 3.63) is 23.9 Å². The predicted molar refractivity (Wildman–Crippen MR) is 120 cm³/mol. The Hall–Kier alpha value is -3.07. The zero-order valence-corrected chi connectivity index (χ0v) is 18.9. The van der Waals surface area contributed by atoms with Crippen molar-refractivity contribution in [2.24, 2.45) is 5.92 Å². The van der Waals surface area contributed by atoms with E-state index < -0.39 is 5.97 Å². The second kappa shape index (κ2) is 11.0. The van der Waals surface area contributed by atoms with Crippen molar-refractivity contribution in [3.8, 4) is 5.75 Å². The molecule has 1 fully saturated rings. The molecule has 1 aliphatic heterocycles. The molecule has 2 heterocycles. The van der Waals surface area contributed by atoms with Gasteiger partial charge in [-0.1, -0.05) is 0 Å². The van der Waals surface area contributed by atoms with Gasteiger partial charge in [0, 0.05) is 23.9 Å². The average molecular weight is 446 g/mol. The molecule has 2 aromatic rings. The molecule has 2 N–H and O–H groups in total. The summed E-state index contributed by atoms with van der Waals surface area (Å²) in [7, 11) is 1.56. The summed E-state index contributed by atoms with van der Waals surface area (Å²) in [5, 5.41) is 3.56.